The van der Waals surface area contributed by atoms with Crippen molar-refractivity contribution in [2.45, 2.75) is 6.54 Å². The lowest BCUT2D eigenvalue weighted by atomic mass is 10.4. The highest BCUT2D eigenvalue weighted by Gasteiger charge is 2.03. The maximum Gasteiger partial charge on any atom is 0.134 e. The SMILES string of the molecule is COc1ccsc1CNc1ccc(Br)nc1. The standard InChI is InChI=1S/C11H11BrN2OS/c1-15-9-4-5-16-10(9)7-13-8-2-3-11(12)14-6-8/h2-6,13H,7H2,1H3. The Morgan fingerprint density at radius 3 is 3.00 bits per heavy atom. The number of thiophene rings is 1. The molecule has 84 valence electrons. The van der Waals surface area contributed by atoms with Gasteiger partial charge in [-0.25, -0.2) is 4.98 Å². The minimum atomic E-state index is 0.754. The molecule has 2 heterocycles. The second-order valence-electron chi connectivity index (χ2n) is 3.14. The average molecular weight is 299 g/mol. The lowest BCUT2D eigenvalue weighted by molar-refractivity contribution is 0.413. The highest BCUT2D eigenvalue weighted by atomic mass is 79.9. The van der Waals surface area contributed by atoms with E-state index in [0.29, 0.717) is 0 Å². The van der Waals surface area contributed by atoms with Gasteiger partial charge in [-0.05, 0) is 39.5 Å². The van der Waals surface area contributed by atoms with Crippen molar-refractivity contribution in [3.63, 3.8) is 0 Å². The minimum absolute atomic E-state index is 0.754. The number of ether oxygens (including phenoxy) is 1. The van der Waals surface area contributed by atoms with E-state index in [0.717, 1.165) is 22.6 Å². The smallest absolute Gasteiger partial charge is 0.134 e. The summed E-state index contributed by atoms with van der Waals surface area (Å²) in [5.74, 6) is 0.933. The van der Waals surface area contributed by atoms with Crippen LogP contribution in [0.3, 0.4) is 0 Å². The van der Waals surface area contributed by atoms with Gasteiger partial charge in [0.05, 0.1) is 30.4 Å². The van der Waals surface area contributed by atoms with E-state index in [4.69, 9.17) is 4.74 Å². The fraction of sp³-hybridized carbons (Fsp3) is 0.182. The van der Waals surface area contributed by atoms with Crippen LogP contribution in [-0.4, -0.2) is 12.1 Å². The topological polar surface area (TPSA) is 34.1 Å². The van der Waals surface area contributed by atoms with Gasteiger partial charge in [0.1, 0.15) is 10.4 Å². The number of rotatable bonds is 4. The van der Waals surface area contributed by atoms with E-state index in [-0.39, 0.29) is 0 Å². The summed E-state index contributed by atoms with van der Waals surface area (Å²) in [6.07, 6.45) is 1.80. The normalized spacial score (nSPS) is 10.1. The third-order valence-corrected chi connectivity index (χ3v) is 3.48. The Kier molecular flexibility index (Phi) is 3.79. The van der Waals surface area contributed by atoms with E-state index in [9.17, 15) is 0 Å². The monoisotopic (exact) mass is 298 g/mol. The number of hydrogen-bond donors (Lipinski definition) is 1. The molecule has 0 amide bonds. The molecule has 0 aromatic carbocycles. The first kappa shape index (κ1) is 11.4. The molecule has 0 saturated carbocycles. The van der Waals surface area contributed by atoms with Gasteiger partial charge < -0.3 is 10.1 Å². The van der Waals surface area contributed by atoms with E-state index in [1.165, 1.54) is 4.88 Å². The van der Waals surface area contributed by atoms with E-state index in [1.807, 2.05) is 23.6 Å². The molecule has 0 aliphatic carbocycles. The van der Waals surface area contributed by atoms with Gasteiger partial charge in [-0.1, -0.05) is 0 Å². The number of pyridine rings is 1. The number of aromatic nitrogens is 1. The van der Waals surface area contributed by atoms with Crippen molar-refractivity contribution in [2.24, 2.45) is 0 Å². The highest BCUT2D eigenvalue weighted by Crippen LogP contribution is 2.25. The predicted molar refractivity (Wildman–Crippen MR) is 70.1 cm³/mol. The molecule has 3 nitrogen and oxygen atoms in total. The van der Waals surface area contributed by atoms with Gasteiger partial charge in [-0.3, -0.25) is 0 Å². The molecule has 16 heavy (non-hydrogen) atoms. The molecular weight excluding hydrogens is 288 g/mol. The zero-order chi connectivity index (χ0) is 11.4. The highest BCUT2D eigenvalue weighted by molar-refractivity contribution is 9.10. The Bertz CT molecular complexity index is 455. The molecule has 0 saturated heterocycles. The maximum atomic E-state index is 5.24. The Balaban J connectivity index is 1.99. The van der Waals surface area contributed by atoms with Crippen LogP contribution in [-0.2, 0) is 6.54 Å². The number of nitrogens with zero attached hydrogens (tertiary/aromatic N) is 1. The Morgan fingerprint density at radius 2 is 2.31 bits per heavy atom. The Morgan fingerprint density at radius 1 is 1.44 bits per heavy atom. The quantitative estimate of drug-likeness (QED) is 0.877. The number of hydrogen-bond acceptors (Lipinski definition) is 4. The van der Waals surface area contributed by atoms with Gasteiger partial charge >= 0.3 is 0 Å². The molecule has 0 spiro atoms. The molecule has 1 N–H and O–H groups in total. The summed E-state index contributed by atoms with van der Waals surface area (Å²) in [6, 6.07) is 5.87. The lowest BCUT2D eigenvalue weighted by Gasteiger charge is -2.06. The molecular formula is C11H11BrN2OS. The second-order valence-corrected chi connectivity index (χ2v) is 4.95. The van der Waals surface area contributed by atoms with Crippen LogP contribution >= 0.6 is 27.3 Å². The van der Waals surface area contributed by atoms with Crippen molar-refractivity contribution in [1.82, 2.24) is 4.98 Å². The first-order valence-electron chi connectivity index (χ1n) is 4.75. The third kappa shape index (κ3) is 2.74. The van der Waals surface area contributed by atoms with Crippen LogP contribution in [0.25, 0.3) is 0 Å². The van der Waals surface area contributed by atoms with E-state index in [2.05, 4.69) is 26.2 Å². The molecule has 0 atom stereocenters. The fourth-order valence-corrected chi connectivity index (χ4v) is 2.32. The van der Waals surface area contributed by atoms with Crippen LogP contribution in [0.2, 0.25) is 0 Å². The summed E-state index contributed by atoms with van der Waals surface area (Å²) >= 11 is 4.98. The Hall–Kier alpha value is -1.07. The average Bonchev–Trinajstić information content (AvgIpc) is 2.76. The van der Waals surface area contributed by atoms with Crippen molar-refractivity contribution >= 4 is 33.0 Å². The van der Waals surface area contributed by atoms with E-state index < -0.39 is 0 Å². The number of nitrogens with one attached hydrogen (secondary N) is 1. The lowest BCUT2D eigenvalue weighted by Crippen LogP contribution is -1.99. The van der Waals surface area contributed by atoms with Gasteiger partial charge in [-0.15, -0.1) is 11.3 Å². The van der Waals surface area contributed by atoms with Gasteiger partial charge in [0.2, 0.25) is 0 Å². The first-order chi connectivity index (χ1) is 7.79. The van der Waals surface area contributed by atoms with Gasteiger partial charge in [0, 0.05) is 0 Å². The van der Waals surface area contributed by atoms with Crippen molar-refractivity contribution in [1.29, 1.82) is 0 Å². The van der Waals surface area contributed by atoms with Gasteiger partial charge in [0.25, 0.3) is 0 Å². The third-order valence-electron chi connectivity index (χ3n) is 2.10. The summed E-state index contributed by atoms with van der Waals surface area (Å²) in [5.41, 5.74) is 0.999. The first-order valence-corrected chi connectivity index (χ1v) is 6.42. The summed E-state index contributed by atoms with van der Waals surface area (Å²) in [7, 11) is 1.69. The fourth-order valence-electron chi connectivity index (χ4n) is 1.30. The van der Waals surface area contributed by atoms with Crippen LogP contribution in [0.4, 0.5) is 5.69 Å². The van der Waals surface area contributed by atoms with Crippen LogP contribution in [0, 0.1) is 0 Å². The number of anilines is 1. The molecule has 0 fully saturated rings. The van der Waals surface area contributed by atoms with E-state index >= 15 is 0 Å². The molecule has 0 aliphatic heterocycles. The van der Waals surface area contributed by atoms with Crippen molar-refractivity contribution in [3.8, 4) is 5.75 Å². The molecule has 0 aliphatic rings. The van der Waals surface area contributed by atoms with Crippen LogP contribution in [0.15, 0.2) is 34.4 Å². The summed E-state index contributed by atoms with van der Waals surface area (Å²) < 4.78 is 6.08. The number of halogens is 1. The second kappa shape index (κ2) is 5.32. The molecule has 2 rings (SSSR count). The van der Waals surface area contributed by atoms with Crippen LogP contribution < -0.4 is 10.1 Å². The zero-order valence-corrected chi connectivity index (χ0v) is 11.1. The Labute approximate surface area is 107 Å². The maximum absolute atomic E-state index is 5.24. The van der Waals surface area contributed by atoms with Crippen molar-refractivity contribution in [3.05, 3.63) is 39.3 Å². The van der Waals surface area contributed by atoms with Gasteiger partial charge in [-0.2, -0.15) is 0 Å². The van der Waals surface area contributed by atoms with E-state index in [1.54, 1.807) is 24.6 Å². The summed E-state index contributed by atoms with van der Waals surface area (Å²) in [5, 5.41) is 5.32. The molecule has 2 aromatic heterocycles. The molecule has 5 heteroatoms. The molecule has 0 unspecified atom stereocenters. The zero-order valence-electron chi connectivity index (χ0n) is 8.74. The largest absolute Gasteiger partial charge is 0.496 e. The molecule has 0 bridgehead atoms. The number of methoxy groups -OCH3 is 1. The van der Waals surface area contributed by atoms with Crippen molar-refractivity contribution < 1.29 is 4.74 Å². The summed E-state index contributed by atoms with van der Waals surface area (Å²) in [4.78, 5) is 5.33. The molecule has 2 aromatic rings. The predicted octanol–water partition coefficient (Wildman–Crippen LogP) is 3.53. The van der Waals surface area contributed by atoms with Crippen molar-refractivity contribution in [2.75, 3.05) is 12.4 Å². The van der Waals surface area contributed by atoms with Crippen LogP contribution in [0.1, 0.15) is 4.88 Å². The van der Waals surface area contributed by atoms with Gasteiger partial charge in [0.15, 0.2) is 0 Å². The van der Waals surface area contributed by atoms with Crippen LogP contribution in [0.5, 0.6) is 5.75 Å². The minimum Gasteiger partial charge on any atom is -0.496 e. The summed E-state index contributed by atoms with van der Waals surface area (Å²) in [6.45, 7) is 0.754. The molecule has 0 radical (unpaired) electrons.